The van der Waals surface area contributed by atoms with Crippen LogP contribution in [0.2, 0.25) is 5.02 Å². The highest BCUT2D eigenvalue weighted by molar-refractivity contribution is 6.30. The van der Waals surface area contributed by atoms with Crippen LogP contribution in [0.3, 0.4) is 0 Å². The molecule has 7 heteroatoms. The molecule has 0 saturated heterocycles. The van der Waals surface area contributed by atoms with Crippen LogP contribution in [0.4, 0.5) is 0 Å². The third kappa shape index (κ3) is 2.87. The number of ketones is 1. The average Bonchev–Trinajstić information content (AvgIpc) is 3.10. The third-order valence-electron chi connectivity index (χ3n) is 3.13. The molecule has 0 aliphatic rings. The number of carbonyl (C=O) groups excluding carboxylic acids is 2. The zero-order valence-electron chi connectivity index (χ0n) is 11.7. The van der Waals surface area contributed by atoms with Crippen molar-refractivity contribution in [3.05, 3.63) is 58.8 Å². The van der Waals surface area contributed by atoms with Gasteiger partial charge in [-0.05, 0) is 25.1 Å². The van der Waals surface area contributed by atoms with Gasteiger partial charge in [0.2, 0.25) is 0 Å². The van der Waals surface area contributed by atoms with Gasteiger partial charge in [-0.3, -0.25) is 4.79 Å². The number of hydrogen-bond donors (Lipinski definition) is 1. The topological polar surface area (TPSA) is 76.5 Å². The molecule has 0 bridgehead atoms. The molecule has 3 aromatic heterocycles. The molecule has 112 valence electrons. The number of carbonyl (C=O) groups is 2. The van der Waals surface area contributed by atoms with Gasteiger partial charge in [-0.1, -0.05) is 11.6 Å². The lowest BCUT2D eigenvalue weighted by molar-refractivity contribution is 0.0462. The Kier molecular flexibility index (Phi) is 3.68. The van der Waals surface area contributed by atoms with E-state index in [1.807, 2.05) is 0 Å². The van der Waals surface area contributed by atoms with E-state index in [9.17, 15) is 9.59 Å². The summed E-state index contributed by atoms with van der Waals surface area (Å²) in [5.74, 6) is -0.657. The first-order valence-electron chi connectivity index (χ1n) is 6.52. The lowest BCUT2D eigenvalue weighted by Crippen LogP contribution is -2.05. The maximum atomic E-state index is 11.9. The van der Waals surface area contributed by atoms with Crippen LogP contribution in [-0.4, -0.2) is 26.1 Å². The van der Waals surface area contributed by atoms with Gasteiger partial charge in [-0.2, -0.15) is 0 Å². The van der Waals surface area contributed by atoms with Crippen LogP contribution < -0.4 is 0 Å². The average molecular weight is 318 g/mol. The number of aromatic nitrogens is 3. The molecule has 3 aromatic rings. The molecule has 6 nitrogen and oxygen atoms in total. The molecule has 0 amide bonds. The fourth-order valence-corrected chi connectivity index (χ4v) is 2.19. The highest BCUT2D eigenvalue weighted by Gasteiger charge is 2.13. The summed E-state index contributed by atoms with van der Waals surface area (Å²) >= 11 is 5.90. The minimum atomic E-state index is -0.539. The third-order valence-corrected chi connectivity index (χ3v) is 3.35. The number of fused-ring (bicyclic) bond motifs is 1. The molecular formula is C15H12ClN3O3. The number of halogens is 1. The minimum absolute atomic E-state index is 0.0343. The van der Waals surface area contributed by atoms with Crippen molar-refractivity contribution in [2.45, 2.75) is 13.5 Å². The van der Waals surface area contributed by atoms with E-state index >= 15 is 0 Å². The zero-order chi connectivity index (χ0) is 15.7. The van der Waals surface area contributed by atoms with Crippen molar-refractivity contribution in [3.8, 4) is 0 Å². The number of pyridine rings is 1. The monoisotopic (exact) mass is 317 g/mol. The Labute approximate surface area is 130 Å². The number of nitrogens with one attached hydrogen (secondary N) is 1. The number of rotatable bonds is 4. The van der Waals surface area contributed by atoms with Gasteiger partial charge < -0.3 is 14.1 Å². The van der Waals surface area contributed by atoms with E-state index in [1.165, 1.54) is 19.2 Å². The fourth-order valence-electron chi connectivity index (χ4n) is 2.02. The molecule has 0 saturated carbocycles. The van der Waals surface area contributed by atoms with Gasteiger partial charge in [-0.15, -0.1) is 0 Å². The van der Waals surface area contributed by atoms with E-state index in [4.69, 9.17) is 16.3 Å². The predicted octanol–water partition coefficient (Wildman–Crippen LogP) is 2.88. The molecule has 3 rings (SSSR count). The van der Waals surface area contributed by atoms with Gasteiger partial charge in [0, 0.05) is 24.2 Å². The van der Waals surface area contributed by atoms with Crippen molar-refractivity contribution in [3.63, 3.8) is 0 Å². The Bertz CT molecular complexity index is 866. The number of Topliss-reactive ketones (excluding diaryl/α,β-unsaturated/α-hetero) is 1. The highest BCUT2D eigenvalue weighted by atomic mass is 35.5. The second-order valence-electron chi connectivity index (χ2n) is 4.78. The standard InChI is InChI=1S/C15H12ClN3O3/c1-9(20)10-4-13(17-5-10)15(21)22-8-12-7-19-6-11(16)2-3-14(19)18-12/h2-7,17H,8H2,1H3. The summed E-state index contributed by atoms with van der Waals surface area (Å²) in [6.45, 7) is 1.46. The molecule has 3 heterocycles. The number of aromatic amines is 1. The SMILES string of the molecule is CC(=O)c1c[nH]c(C(=O)OCc2cn3cc(Cl)ccc3n2)c1. The maximum Gasteiger partial charge on any atom is 0.355 e. The van der Waals surface area contributed by atoms with E-state index in [2.05, 4.69) is 9.97 Å². The lowest BCUT2D eigenvalue weighted by Gasteiger charge is -1.99. The summed E-state index contributed by atoms with van der Waals surface area (Å²) in [4.78, 5) is 30.1. The predicted molar refractivity (Wildman–Crippen MR) is 80.1 cm³/mol. The minimum Gasteiger partial charge on any atom is -0.454 e. The zero-order valence-corrected chi connectivity index (χ0v) is 12.4. The largest absolute Gasteiger partial charge is 0.454 e. The van der Waals surface area contributed by atoms with Crippen LogP contribution >= 0.6 is 11.6 Å². The molecule has 0 aliphatic heterocycles. The van der Waals surface area contributed by atoms with Crippen LogP contribution in [0.1, 0.15) is 33.5 Å². The first-order chi connectivity index (χ1) is 10.5. The van der Waals surface area contributed by atoms with Gasteiger partial charge in [0.25, 0.3) is 0 Å². The molecule has 0 unspecified atom stereocenters. The van der Waals surface area contributed by atoms with Crippen molar-refractivity contribution >= 4 is 29.0 Å². The van der Waals surface area contributed by atoms with Crippen molar-refractivity contribution in [2.75, 3.05) is 0 Å². The Hall–Kier alpha value is -2.60. The normalized spacial score (nSPS) is 10.8. The molecule has 0 fully saturated rings. The van der Waals surface area contributed by atoms with Crippen LogP contribution in [0, 0.1) is 0 Å². The summed E-state index contributed by atoms with van der Waals surface area (Å²) in [6.07, 6.45) is 4.94. The Morgan fingerprint density at radius 3 is 2.91 bits per heavy atom. The number of ether oxygens (including phenoxy) is 1. The molecule has 1 N–H and O–H groups in total. The van der Waals surface area contributed by atoms with Gasteiger partial charge in [0.15, 0.2) is 5.78 Å². The molecular weight excluding hydrogens is 306 g/mol. The van der Waals surface area contributed by atoms with Gasteiger partial charge in [-0.25, -0.2) is 9.78 Å². The summed E-state index contributed by atoms with van der Waals surface area (Å²) in [5, 5.41) is 0.594. The molecule has 0 atom stereocenters. The molecule has 0 spiro atoms. The van der Waals surface area contributed by atoms with Gasteiger partial charge in [0.1, 0.15) is 17.9 Å². The van der Waals surface area contributed by atoms with E-state index in [-0.39, 0.29) is 18.1 Å². The Morgan fingerprint density at radius 2 is 2.18 bits per heavy atom. The molecule has 0 aromatic carbocycles. The van der Waals surface area contributed by atoms with Gasteiger partial charge in [0.05, 0.1) is 10.7 Å². The molecule has 22 heavy (non-hydrogen) atoms. The summed E-state index contributed by atoms with van der Waals surface area (Å²) < 4.78 is 6.93. The Morgan fingerprint density at radius 1 is 1.36 bits per heavy atom. The fraction of sp³-hybridized carbons (Fsp3) is 0.133. The first kappa shape index (κ1) is 14.3. The van der Waals surface area contributed by atoms with Crippen molar-refractivity contribution in [1.29, 1.82) is 0 Å². The number of hydrogen-bond acceptors (Lipinski definition) is 4. The summed E-state index contributed by atoms with van der Waals surface area (Å²) in [6, 6.07) is 4.98. The van der Waals surface area contributed by atoms with Crippen LogP contribution in [0.15, 0.2) is 36.8 Å². The second-order valence-corrected chi connectivity index (χ2v) is 5.22. The summed E-state index contributed by atoms with van der Waals surface area (Å²) in [7, 11) is 0. The highest BCUT2D eigenvalue weighted by Crippen LogP contribution is 2.13. The van der Waals surface area contributed by atoms with E-state index in [1.54, 1.807) is 28.9 Å². The van der Waals surface area contributed by atoms with Crippen molar-refractivity contribution < 1.29 is 14.3 Å². The van der Waals surface area contributed by atoms with Crippen LogP contribution in [0.5, 0.6) is 0 Å². The Balaban J connectivity index is 1.70. The van der Waals surface area contributed by atoms with Crippen molar-refractivity contribution in [2.24, 2.45) is 0 Å². The second kappa shape index (κ2) is 5.65. The number of esters is 1. The number of imidazole rings is 1. The van der Waals surface area contributed by atoms with E-state index < -0.39 is 5.97 Å². The lowest BCUT2D eigenvalue weighted by atomic mass is 10.2. The van der Waals surface area contributed by atoms with Crippen LogP contribution in [-0.2, 0) is 11.3 Å². The van der Waals surface area contributed by atoms with Crippen LogP contribution in [0.25, 0.3) is 5.65 Å². The van der Waals surface area contributed by atoms with Gasteiger partial charge >= 0.3 is 5.97 Å². The quantitative estimate of drug-likeness (QED) is 0.593. The smallest absolute Gasteiger partial charge is 0.355 e. The first-order valence-corrected chi connectivity index (χ1v) is 6.90. The summed E-state index contributed by atoms with van der Waals surface area (Å²) in [5.41, 5.74) is 1.99. The number of nitrogens with zero attached hydrogens (tertiary/aromatic N) is 2. The van der Waals surface area contributed by atoms with E-state index in [0.29, 0.717) is 21.9 Å². The molecule has 0 aliphatic carbocycles. The van der Waals surface area contributed by atoms with E-state index in [0.717, 1.165) is 0 Å². The maximum absolute atomic E-state index is 11.9. The molecule has 0 radical (unpaired) electrons. The van der Waals surface area contributed by atoms with Crippen molar-refractivity contribution in [1.82, 2.24) is 14.4 Å². The number of H-pyrrole nitrogens is 1.